The normalized spacial score (nSPS) is 29.3. The van der Waals surface area contributed by atoms with E-state index in [9.17, 15) is 20.3 Å². The molecule has 0 radical (unpaired) electrons. The van der Waals surface area contributed by atoms with E-state index in [1.807, 2.05) is 6.07 Å². The van der Waals surface area contributed by atoms with Crippen LogP contribution in [0.5, 0.6) is 0 Å². The Balaban J connectivity index is 2.18. The highest BCUT2D eigenvalue weighted by molar-refractivity contribution is 5.70. The summed E-state index contributed by atoms with van der Waals surface area (Å²) in [5.74, 6) is -1.40. The molecule has 13 heteroatoms. The maximum absolute atomic E-state index is 11.8. The zero-order chi connectivity index (χ0) is 17.5. The van der Waals surface area contributed by atoms with E-state index in [1.54, 1.807) is 0 Å². The molecule has 2 aromatic rings. The molecule has 0 aliphatic carbocycles. The van der Waals surface area contributed by atoms with Crippen LogP contribution in [0.25, 0.3) is 21.6 Å². The number of ether oxygens (including phenoxy) is 1. The number of anilines is 1. The molecular formula is C11H11N9O4. The second-order valence-corrected chi connectivity index (χ2v) is 5.08. The van der Waals surface area contributed by atoms with Crippen LogP contribution in [0.3, 0.4) is 0 Å². The quantitative estimate of drug-likeness (QED) is 0.301. The number of imidazole rings is 1. The van der Waals surface area contributed by atoms with E-state index in [-0.39, 0.29) is 17.1 Å². The van der Waals surface area contributed by atoms with Gasteiger partial charge >= 0.3 is 0 Å². The third kappa shape index (κ3) is 2.07. The zero-order valence-electron chi connectivity index (χ0n) is 11.9. The largest absolute Gasteiger partial charge is 0.393 e. The molecule has 13 nitrogen and oxygen atoms in total. The highest BCUT2D eigenvalue weighted by atomic mass is 16.6. The molecule has 0 aromatic carbocycles. The summed E-state index contributed by atoms with van der Waals surface area (Å²) in [7, 11) is 0. The van der Waals surface area contributed by atoms with Gasteiger partial charge in [-0.3, -0.25) is 14.3 Å². The molecule has 1 aliphatic rings. The van der Waals surface area contributed by atoms with Crippen LogP contribution in [-0.2, 0) is 4.74 Å². The van der Waals surface area contributed by atoms with Gasteiger partial charge in [0.2, 0.25) is 5.95 Å². The minimum Gasteiger partial charge on any atom is -0.393 e. The highest BCUT2D eigenvalue weighted by Crippen LogP contribution is 2.42. The molecule has 1 aliphatic heterocycles. The first kappa shape index (κ1) is 15.7. The van der Waals surface area contributed by atoms with Crippen LogP contribution in [-0.4, -0.2) is 48.2 Å². The monoisotopic (exact) mass is 333 g/mol. The number of aliphatic hydroxyl groups is 2. The van der Waals surface area contributed by atoms with Gasteiger partial charge in [0.15, 0.2) is 23.1 Å². The summed E-state index contributed by atoms with van der Waals surface area (Å²) >= 11 is 0. The molecular weight excluding hydrogens is 322 g/mol. The fourth-order valence-electron chi connectivity index (χ4n) is 2.60. The van der Waals surface area contributed by atoms with E-state index in [0.29, 0.717) is 0 Å². The molecule has 0 spiro atoms. The Morgan fingerprint density at radius 3 is 3.08 bits per heavy atom. The van der Waals surface area contributed by atoms with Crippen molar-refractivity contribution in [2.75, 3.05) is 12.3 Å². The molecule has 1 fully saturated rings. The Kier molecular flexibility index (Phi) is 3.59. The number of aromatic amines is 1. The van der Waals surface area contributed by atoms with Gasteiger partial charge in [0.25, 0.3) is 5.56 Å². The predicted molar refractivity (Wildman–Crippen MR) is 76.8 cm³/mol. The summed E-state index contributed by atoms with van der Waals surface area (Å²) in [6.45, 7) is -0.852. The Morgan fingerprint density at radius 1 is 1.71 bits per heavy atom. The highest BCUT2D eigenvalue weighted by Gasteiger charge is 2.55. The fourth-order valence-corrected chi connectivity index (χ4v) is 2.60. The van der Waals surface area contributed by atoms with E-state index in [4.69, 9.17) is 16.0 Å². The van der Waals surface area contributed by atoms with Crippen molar-refractivity contribution < 1.29 is 14.9 Å². The first-order valence-electron chi connectivity index (χ1n) is 6.62. The Bertz CT molecular complexity index is 939. The van der Waals surface area contributed by atoms with Gasteiger partial charge < -0.3 is 20.7 Å². The van der Waals surface area contributed by atoms with Gasteiger partial charge in [-0.15, -0.1) is 0 Å². The van der Waals surface area contributed by atoms with Crippen molar-refractivity contribution in [2.45, 2.75) is 18.1 Å². The number of nitriles is 1. The Hall–Kier alpha value is -3.17. The van der Waals surface area contributed by atoms with Crippen molar-refractivity contribution in [1.29, 1.82) is 5.26 Å². The number of hydrogen-bond acceptors (Lipinski definition) is 9. The number of aromatic nitrogens is 4. The minimum absolute atomic E-state index is 0.0170. The topological polar surface area (TPSA) is 212 Å². The maximum atomic E-state index is 11.8. The van der Waals surface area contributed by atoms with E-state index in [0.717, 1.165) is 0 Å². The van der Waals surface area contributed by atoms with E-state index < -0.39 is 36.1 Å². The number of H-pyrrole nitrogens is 1. The second kappa shape index (κ2) is 5.48. The van der Waals surface area contributed by atoms with Gasteiger partial charge in [-0.1, -0.05) is 5.11 Å². The molecule has 0 bridgehead atoms. The number of rotatable bonds is 3. The lowest BCUT2D eigenvalue weighted by Gasteiger charge is -2.23. The van der Waals surface area contributed by atoms with E-state index in [2.05, 4.69) is 25.0 Å². The van der Waals surface area contributed by atoms with Gasteiger partial charge in [-0.25, -0.2) is 4.98 Å². The van der Waals surface area contributed by atoms with Gasteiger partial charge in [0, 0.05) is 4.91 Å². The standard InChI is InChI=1S/C11H11N9O4/c12-1-4-6(22)11(2-21,18-19-14)24-9(4)20-3-15-5-7(20)16-10(13)17-8(5)23/h3-4,6,9,21-22H,2H2,(H3,13,16,17,23)/t4-,6-,9+,11+/m0/s1. The summed E-state index contributed by atoms with van der Waals surface area (Å²) < 4.78 is 6.68. The number of aliphatic hydroxyl groups excluding tert-OH is 2. The zero-order valence-corrected chi connectivity index (χ0v) is 11.9. The lowest BCUT2D eigenvalue weighted by molar-refractivity contribution is -0.122. The second-order valence-electron chi connectivity index (χ2n) is 5.08. The molecule has 5 N–H and O–H groups in total. The molecule has 1 saturated heterocycles. The average molecular weight is 333 g/mol. The maximum Gasteiger partial charge on any atom is 0.280 e. The lowest BCUT2D eigenvalue weighted by Crippen LogP contribution is -2.42. The predicted octanol–water partition coefficient (Wildman–Crippen LogP) is -1.27. The SMILES string of the molecule is N#C[C@@H]1[C@H](n2cnc3c(=O)[nH]c(N)nc32)O[C@@](CO)(N=[N+]=[N-])[C@H]1O. The number of fused-ring (bicyclic) bond motifs is 1. The van der Waals surface area contributed by atoms with Gasteiger partial charge in [-0.2, -0.15) is 10.2 Å². The fraction of sp³-hybridized carbons (Fsp3) is 0.455. The smallest absolute Gasteiger partial charge is 0.280 e. The molecule has 0 unspecified atom stereocenters. The summed E-state index contributed by atoms with van der Waals surface area (Å²) in [5, 5.41) is 32.4. The summed E-state index contributed by atoms with van der Waals surface area (Å²) in [6.07, 6.45) is -1.64. The van der Waals surface area contributed by atoms with Crippen LogP contribution in [0.1, 0.15) is 6.23 Å². The van der Waals surface area contributed by atoms with Crippen molar-refractivity contribution in [1.82, 2.24) is 19.5 Å². The van der Waals surface area contributed by atoms with Crippen LogP contribution >= 0.6 is 0 Å². The van der Waals surface area contributed by atoms with Gasteiger partial charge in [0.05, 0.1) is 19.0 Å². The third-order valence-corrected chi connectivity index (χ3v) is 3.75. The van der Waals surface area contributed by atoms with Crippen LogP contribution < -0.4 is 11.3 Å². The van der Waals surface area contributed by atoms with Crippen molar-refractivity contribution in [3.05, 3.63) is 27.1 Å². The summed E-state index contributed by atoms with van der Waals surface area (Å²) in [4.78, 5) is 24.5. The average Bonchev–Trinajstić information content (AvgIpc) is 3.08. The third-order valence-electron chi connectivity index (χ3n) is 3.75. The molecule has 3 rings (SSSR count). The van der Waals surface area contributed by atoms with Crippen molar-refractivity contribution in [3.63, 3.8) is 0 Å². The first-order chi connectivity index (χ1) is 11.5. The molecule has 0 saturated carbocycles. The molecule has 0 amide bonds. The van der Waals surface area contributed by atoms with Gasteiger partial charge in [0.1, 0.15) is 12.0 Å². The number of hydrogen-bond donors (Lipinski definition) is 4. The lowest BCUT2D eigenvalue weighted by atomic mass is 9.98. The molecule has 2 aromatic heterocycles. The first-order valence-corrected chi connectivity index (χ1v) is 6.62. The van der Waals surface area contributed by atoms with Crippen molar-refractivity contribution in [2.24, 2.45) is 11.0 Å². The minimum atomic E-state index is -2.04. The Morgan fingerprint density at radius 2 is 2.46 bits per heavy atom. The van der Waals surface area contributed by atoms with Crippen LogP contribution in [0.15, 0.2) is 16.2 Å². The molecule has 3 heterocycles. The van der Waals surface area contributed by atoms with Crippen molar-refractivity contribution >= 4 is 17.1 Å². The van der Waals surface area contributed by atoms with Crippen LogP contribution in [0.2, 0.25) is 0 Å². The summed E-state index contributed by atoms with van der Waals surface area (Å²) in [5.41, 5.74) is 11.5. The number of nitrogen functional groups attached to an aromatic ring is 1. The number of nitrogens with two attached hydrogens (primary N) is 1. The molecule has 24 heavy (non-hydrogen) atoms. The van der Waals surface area contributed by atoms with Crippen molar-refractivity contribution in [3.8, 4) is 6.07 Å². The summed E-state index contributed by atoms with van der Waals surface area (Å²) in [6, 6.07) is 1.83. The number of azide groups is 1. The molecule has 124 valence electrons. The Labute approximate surface area is 132 Å². The van der Waals surface area contributed by atoms with Gasteiger partial charge in [-0.05, 0) is 5.53 Å². The number of nitrogens with one attached hydrogen (secondary N) is 1. The number of nitrogens with zero attached hydrogens (tertiary/aromatic N) is 7. The molecule has 4 atom stereocenters. The van der Waals surface area contributed by atoms with Crippen LogP contribution in [0, 0.1) is 17.2 Å². The van der Waals surface area contributed by atoms with E-state index in [1.165, 1.54) is 10.9 Å². The van der Waals surface area contributed by atoms with Crippen LogP contribution in [0.4, 0.5) is 5.95 Å². The van der Waals surface area contributed by atoms with E-state index >= 15 is 0 Å².